The van der Waals surface area contributed by atoms with E-state index in [1.807, 2.05) is 22.2 Å². The molecule has 3 aromatic rings. The molecule has 16 heavy (non-hydrogen) atoms. The van der Waals surface area contributed by atoms with Crippen molar-refractivity contribution in [1.82, 2.24) is 18.1 Å². The van der Waals surface area contributed by atoms with Gasteiger partial charge in [-0.05, 0) is 0 Å². The van der Waals surface area contributed by atoms with Gasteiger partial charge in [0.15, 0.2) is 4.96 Å². The van der Waals surface area contributed by atoms with Crippen molar-refractivity contribution < 1.29 is 5.11 Å². The van der Waals surface area contributed by atoms with Crippen LogP contribution >= 0.6 is 23.1 Å². The summed E-state index contributed by atoms with van der Waals surface area (Å²) in [5, 5.41) is 11.9. The molecule has 0 radical (unpaired) electrons. The summed E-state index contributed by atoms with van der Waals surface area (Å²) < 4.78 is 9.82. The van der Waals surface area contributed by atoms with Crippen molar-refractivity contribution in [1.29, 1.82) is 0 Å². The molecule has 0 saturated heterocycles. The van der Waals surface area contributed by atoms with Gasteiger partial charge in [0.05, 0.1) is 23.6 Å². The summed E-state index contributed by atoms with van der Waals surface area (Å²) in [5.41, 5.74) is 1.48. The summed E-state index contributed by atoms with van der Waals surface area (Å²) in [4.78, 5) is 5.34. The lowest BCUT2D eigenvalue weighted by molar-refractivity contribution is 0.173. The minimum Gasteiger partial charge on any atom is -0.386 e. The van der Waals surface area contributed by atoms with Crippen molar-refractivity contribution in [2.75, 3.05) is 0 Å². The molecule has 1 N–H and O–H groups in total. The number of nitrogens with zero attached hydrogens (tertiary/aromatic N) is 4. The number of aliphatic hydroxyl groups is 1. The second-order valence-electron chi connectivity index (χ2n) is 3.38. The maximum absolute atomic E-state index is 9.88. The van der Waals surface area contributed by atoms with E-state index >= 15 is 0 Å². The van der Waals surface area contributed by atoms with Crippen LogP contribution in [0.25, 0.3) is 4.96 Å². The van der Waals surface area contributed by atoms with E-state index in [1.54, 1.807) is 17.5 Å². The molecule has 3 aromatic heterocycles. The van der Waals surface area contributed by atoms with Crippen molar-refractivity contribution >= 4 is 28.0 Å². The Labute approximate surface area is 99.4 Å². The highest BCUT2D eigenvalue weighted by atomic mass is 32.1. The Morgan fingerprint density at radius 2 is 2.44 bits per heavy atom. The number of imidazole rings is 1. The smallest absolute Gasteiger partial charge is 0.193 e. The first-order valence-corrected chi connectivity index (χ1v) is 6.30. The molecular weight excluding hydrogens is 244 g/mol. The molecule has 3 heterocycles. The van der Waals surface area contributed by atoms with Gasteiger partial charge in [-0.3, -0.25) is 4.40 Å². The van der Waals surface area contributed by atoms with Crippen molar-refractivity contribution in [3.05, 3.63) is 35.4 Å². The molecule has 0 aliphatic carbocycles. The maximum Gasteiger partial charge on any atom is 0.193 e. The zero-order valence-corrected chi connectivity index (χ0v) is 9.78. The second-order valence-corrected chi connectivity index (χ2v) is 4.81. The quantitative estimate of drug-likeness (QED) is 0.767. The molecule has 0 aliphatic heterocycles. The molecule has 0 aromatic carbocycles. The Kier molecular flexibility index (Phi) is 2.43. The van der Waals surface area contributed by atoms with Crippen molar-refractivity contribution in [3.8, 4) is 0 Å². The zero-order chi connectivity index (χ0) is 11.0. The SMILES string of the molecule is OC(Cc1cn2ccsc2n1)c1cnsn1. The summed E-state index contributed by atoms with van der Waals surface area (Å²) in [5.74, 6) is 0. The van der Waals surface area contributed by atoms with E-state index in [-0.39, 0.29) is 0 Å². The van der Waals surface area contributed by atoms with Crippen LogP contribution < -0.4 is 0 Å². The fraction of sp³-hybridized carbons (Fsp3) is 0.222. The van der Waals surface area contributed by atoms with Gasteiger partial charge in [-0.25, -0.2) is 4.98 Å². The fourth-order valence-corrected chi connectivity index (χ4v) is 2.68. The molecule has 0 saturated carbocycles. The van der Waals surface area contributed by atoms with Crippen molar-refractivity contribution in [2.24, 2.45) is 0 Å². The number of rotatable bonds is 3. The Balaban J connectivity index is 1.82. The molecule has 1 atom stereocenters. The predicted molar refractivity (Wildman–Crippen MR) is 61.6 cm³/mol. The summed E-state index contributed by atoms with van der Waals surface area (Å²) in [6, 6.07) is 0. The van der Waals surface area contributed by atoms with Gasteiger partial charge in [0, 0.05) is 24.2 Å². The average Bonchev–Trinajstić information content (AvgIpc) is 2.91. The van der Waals surface area contributed by atoms with E-state index in [2.05, 4.69) is 13.7 Å². The first-order chi connectivity index (χ1) is 7.83. The number of thiazole rings is 1. The van der Waals surface area contributed by atoms with Crippen LogP contribution in [0.1, 0.15) is 17.5 Å². The number of aliphatic hydroxyl groups excluding tert-OH is 1. The molecule has 0 spiro atoms. The normalized spacial score (nSPS) is 13.3. The van der Waals surface area contributed by atoms with Gasteiger partial charge < -0.3 is 5.11 Å². The van der Waals surface area contributed by atoms with E-state index in [0.29, 0.717) is 12.1 Å². The lowest BCUT2D eigenvalue weighted by Gasteiger charge is -2.03. The van der Waals surface area contributed by atoms with Gasteiger partial charge in [-0.15, -0.1) is 11.3 Å². The van der Waals surface area contributed by atoms with Crippen molar-refractivity contribution in [3.63, 3.8) is 0 Å². The molecule has 0 fully saturated rings. The third kappa shape index (κ3) is 1.73. The first-order valence-electron chi connectivity index (χ1n) is 4.69. The standard InChI is InChI=1S/C9H8N4OS2/c14-8(7-4-10-16-12-7)3-6-5-13-1-2-15-9(13)11-6/h1-2,4-5,8,14H,3H2. The molecule has 5 nitrogen and oxygen atoms in total. The lowest BCUT2D eigenvalue weighted by atomic mass is 10.1. The average molecular weight is 252 g/mol. The molecule has 0 amide bonds. The Bertz CT molecular complexity index is 557. The largest absolute Gasteiger partial charge is 0.386 e. The number of aromatic nitrogens is 4. The third-order valence-electron chi connectivity index (χ3n) is 2.27. The highest BCUT2D eigenvalue weighted by Gasteiger charge is 2.13. The van der Waals surface area contributed by atoms with Crippen LogP contribution in [0.5, 0.6) is 0 Å². The predicted octanol–water partition coefficient (Wildman–Crippen LogP) is 1.52. The van der Waals surface area contributed by atoms with E-state index in [1.165, 1.54) is 0 Å². The van der Waals surface area contributed by atoms with Crippen LogP contribution in [0.2, 0.25) is 0 Å². The van der Waals surface area contributed by atoms with Crippen LogP contribution in [0.15, 0.2) is 24.0 Å². The minimum absolute atomic E-state index is 0.472. The van der Waals surface area contributed by atoms with Crippen LogP contribution in [0.3, 0.4) is 0 Å². The van der Waals surface area contributed by atoms with Crippen LogP contribution in [0, 0.1) is 0 Å². The zero-order valence-electron chi connectivity index (χ0n) is 8.15. The molecule has 0 aliphatic rings. The molecule has 1 unspecified atom stereocenters. The monoisotopic (exact) mass is 252 g/mol. The summed E-state index contributed by atoms with van der Waals surface area (Å²) in [7, 11) is 0. The third-order valence-corrected chi connectivity index (χ3v) is 3.53. The van der Waals surface area contributed by atoms with Crippen molar-refractivity contribution in [2.45, 2.75) is 12.5 Å². The molecular formula is C9H8N4OS2. The highest BCUT2D eigenvalue weighted by Crippen LogP contribution is 2.18. The molecule has 0 bridgehead atoms. The van der Waals surface area contributed by atoms with E-state index in [4.69, 9.17) is 0 Å². The summed E-state index contributed by atoms with van der Waals surface area (Å²) in [6.45, 7) is 0. The Morgan fingerprint density at radius 3 is 3.19 bits per heavy atom. The fourth-order valence-electron chi connectivity index (χ4n) is 1.50. The van der Waals surface area contributed by atoms with Gasteiger partial charge in [0.1, 0.15) is 11.8 Å². The first kappa shape index (κ1) is 9.88. The van der Waals surface area contributed by atoms with E-state index in [9.17, 15) is 5.11 Å². The maximum atomic E-state index is 9.88. The van der Waals surface area contributed by atoms with E-state index in [0.717, 1.165) is 22.4 Å². The van der Waals surface area contributed by atoms with Crippen LogP contribution in [0.4, 0.5) is 0 Å². The topological polar surface area (TPSA) is 63.3 Å². The molecule has 7 heteroatoms. The molecule has 3 rings (SSSR count). The number of fused-ring (bicyclic) bond motifs is 1. The van der Waals surface area contributed by atoms with Gasteiger partial charge in [0.2, 0.25) is 0 Å². The minimum atomic E-state index is -0.622. The van der Waals surface area contributed by atoms with Crippen LogP contribution in [-0.4, -0.2) is 23.2 Å². The van der Waals surface area contributed by atoms with Gasteiger partial charge in [-0.1, -0.05) is 0 Å². The highest BCUT2D eigenvalue weighted by molar-refractivity contribution is 7.15. The van der Waals surface area contributed by atoms with Gasteiger partial charge in [0.25, 0.3) is 0 Å². The van der Waals surface area contributed by atoms with Gasteiger partial charge >= 0.3 is 0 Å². The number of hydrogen-bond acceptors (Lipinski definition) is 6. The Morgan fingerprint density at radius 1 is 1.50 bits per heavy atom. The Hall–Kier alpha value is -1.31. The summed E-state index contributed by atoms with van der Waals surface area (Å²) in [6.07, 6.45) is 5.32. The van der Waals surface area contributed by atoms with Gasteiger partial charge in [-0.2, -0.15) is 8.75 Å². The molecule has 82 valence electrons. The van der Waals surface area contributed by atoms with E-state index < -0.39 is 6.10 Å². The van der Waals surface area contributed by atoms with Crippen LogP contribution in [-0.2, 0) is 6.42 Å². The number of hydrogen-bond donors (Lipinski definition) is 1. The summed E-state index contributed by atoms with van der Waals surface area (Å²) >= 11 is 2.68. The second kappa shape index (κ2) is 3.93. The lowest BCUT2D eigenvalue weighted by Crippen LogP contribution is -2.02.